The van der Waals surface area contributed by atoms with Gasteiger partial charge in [0.15, 0.2) is 11.7 Å². The van der Waals surface area contributed by atoms with Crippen molar-refractivity contribution < 1.29 is 14.3 Å². The lowest BCUT2D eigenvalue weighted by Gasteiger charge is -2.12. The van der Waals surface area contributed by atoms with E-state index in [9.17, 15) is 9.59 Å². The average Bonchev–Trinajstić information content (AvgIpc) is 2.59. The molecule has 0 bridgehead atoms. The largest absolute Gasteiger partial charge is 0.482 e. The molecule has 0 unspecified atom stereocenters. The van der Waals surface area contributed by atoms with Crippen LogP contribution in [0.25, 0.3) is 0 Å². The van der Waals surface area contributed by atoms with Gasteiger partial charge >= 0.3 is 0 Å². The van der Waals surface area contributed by atoms with Crippen LogP contribution in [0.3, 0.4) is 0 Å². The Bertz CT molecular complexity index is 798. The zero-order valence-electron chi connectivity index (χ0n) is 13.3. The zero-order valence-corrected chi connectivity index (χ0v) is 14.9. The van der Waals surface area contributed by atoms with Crippen molar-refractivity contribution in [1.29, 1.82) is 0 Å². The van der Waals surface area contributed by atoms with Crippen molar-refractivity contribution in [3.63, 3.8) is 0 Å². The molecule has 2 aromatic carbocycles. The van der Waals surface area contributed by atoms with Crippen LogP contribution in [0, 0.1) is 6.92 Å². The number of amides is 2. The van der Waals surface area contributed by atoms with Crippen molar-refractivity contribution >= 4 is 40.7 Å². The first-order valence-electron chi connectivity index (χ1n) is 7.30. The van der Waals surface area contributed by atoms with Crippen LogP contribution in [-0.4, -0.2) is 23.5 Å². The van der Waals surface area contributed by atoms with Crippen LogP contribution < -0.4 is 20.9 Å². The molecule has 2 rings (SSSR count). The van der Waals surface area contributed by atoms with Gasteiger partial charge in [0, 0.05) is 5.56 Å². The number of aryl methyl sites for hydroxylation is 1. The highest BCUT2D eigenvalue weighted by atomic mass is 35.5. The molecule has 0 spiro atoms. The maximum Gasteiger partial charge on any atom is 0.269 e. The molecule has 0 aliphatic heterocycles. The van der Waals surface area contributed by atoms with Crippen LogP contribution in [0.4, 0.5) is 0 Å². The standard InChI is InChI=1S/C17H16ClN3O3S/c1-11-5-4-6-12(9-11)16(23)20-21-17(25)19-15(22)10-24-14-8-3-2-7-13(14)18/h2-9H,10H2,1H3,(H,20,23)(H2,19,21,22,25). The third-order valence-corrected chi connectivity index (χ3v) is 3.53. The summed E-state index contributed by atoms with van der Waals surface area (Å²) in [4.78, 5) is 23.7. The van der Waals surface area contributed by atoms with Gasteiger partial charge in [-0.15, -0.1) is 0 Å². The minimum atomic E-state index is -0.484. The highest BCUT2D eigenvalue weighted by molar-refractivity contribution is 7.80. The van der Waals surface area contributed by atoms with E-state index >= 15 is 0 Å². The summed E-state index contributed by atoms with van der Waals surface area (Å²) in [5.41, 5.74) is 6.30. The van der Waals surface area contributed by atoms with E-state index in [-0.39, 0.29) is 17.6 Å². The maximum atomic E-state index is 12.0. The molecular formula is C17H16ClN3O3S. The van der Waals surface area contributed by atoms with Gasteiger partial charge in [-0.05, 0) is 43.4 Å². The first kappa shape index (κ1) is 18.7. The van der Waals surface area contributed by atoms with E-state index in [0.29, 0.717) is 16.3 Å². The first-order valence-corrected chi connectivity index (χ1v) is 8.08. The smallest absolute Gasteiger partial charge is 0.269 e. The van der Waals surface area contributed by atoms with E-state index in [1.807, 2.05) is 13.0 Å². The van der Waals surface area contributed by atoms with Crippen molar-refractivity contribution in [2.45, 2.75) is 6.92 Å². The summed E-state index contributed by atoms with van der Waals surface area (Å²) in [6, 6.07) is 13.9. The van der Waals surface area contributed by atoms with Crippen molar-refractivity contribution in [1.82, 2.24) is 16.2 Å². The number of hydrazine groups is 1. The molecule has 0 saturated carbocycles. The van der Waals surface area contributed by atoms with Gasteiger partial charge in [0.1, 0.15) is 5.75 Å². The summed E-state index contributed by atoms with van der Waals surface area (Å²) >= 11 is 10.9. The van der Waals surface area contributed by atoms with Crippen molar-refractivity contribution in [2.75, 3.05) is 6.61 Å². The molecule has 0 radical (unpaired) electrons. The number of hydrogen-bond donors (Lipinski definition) is 3. The topological polar surface area (TPSA) is 79.5 Å². The van der Waals surface area contributed by atoms with E-state index in [0.717, 1.165) is 5.56 Å². The average molecular weight is 378 g/mol. The molecule has 0 heterocycles. The van der Waals surface area contributed by atoms with E-state index in [1.165, 1.54) is 0 Å². The zero-order chi connectivity index (χ0) is 18.2. The van der Waals surface area contributed by atoms with E-state index < -0.39 is 5.91 Å². The number of thiocarbonyl (C=S) groups is 1. The molecule has 0 fully saturated rings. The number of halogens is 1. The fourth-order valence-corrected chi connectivity index (χ4v) is 2.23. The molecule has 130 valence electrons. The number of carbonyl (C=O) groups is 2. The van der Waals surface area contributed by atoms with Crippen LogP contribution in [0.15, 0.2) is 48.5 Å². The van der Waals surface area contributed by atoms with Gasteiger partial charge < -0.3 is 4.74 Å². The summed E-state index contributed by atoms with van der Waals surface area (Å²) in [6.45, 7) is 1.62. The number of rotatable bonds is 4. The number of hydrogen-bond acceptors (Lipinski definition) is 4. The fraction of sp³-hybridized carbons (Fsp3) is 0.118. The third kappa shape index (κ3) is 6.06. The Labute approximate surface area is 155 Å². The van der Waals surface area contributed by atoms with Crippen LogP contribution in [-0.2, 0) is 4.79 Å². The van der Waals surface area contributed by atoms with Crippen LogP contribution in [0.1, 0.15) is 15.9 Å². The first-order chi connectivity index (χ1) is 12.0. The van der Waals surface area contributed by atoms with Crippen LogP contribution in [0.5, 0.6) is 5.75 Å². The Morgan fingerprint density at radius 3 is 2.60 bits per heavy atom. The number of para-hydroxylation sites is 1. The molecule has 8 heteroatoms. The number of nitrogens with one attached hydrogen (secondary N) is 3. The quantitative estimate of drug-likeness (QED) is 0.563. The molecule has 0 aliphatic carbocycles. The van der Waals surface area contributed by atoms with Gasteiger partial charge in [0.2, 0.25) is 0 Å². The second-order valence-electron chi connectivity index (χ2n) is 5.05. The summed E-state index contributed by atoms with van der Waals surface area (Å²) in [6.07, 6.45) is 0. The number of benzene rings is 2. The normalized spacial score (nSPS) is 9.84. The third-order valence-electron chi connectivity index (χ3n) is 3.02. The van der Waals surface area contributed by atoms with Gasteiger partial charge in [-0.1, -0.05) is 41.4 Å². The lowest BCUT2D eigenvalue weighted by Crippen LogP contribution is -2.49. The minimum Gasteiger partial charge on any atom is -0.482 e. The summed E-state index contributed by atoms with van der Waals surface area (Å²) in [5.74, 6) is -0.458. The molecule has 2 aromatic rings. The number of ether oxygens (including phenoxy) is 1. The Kier molecular flexibility index (Phi) is 6.73. The van der Waals surface area contributed by atoms with E-state index in [2.05, 4.69) is 16.2 Å². The van der Waals surface area contributed by atoms with Gasteiger partial charge in [-0.3, -0.25) is 25.8 Å². The molecule has 2 amide bonds. The lowest BCUT2D eigenvalue weighted by molar-refractivity contribution is -0.121. The van der Waals surface area contributed by atoms with Crippen LogP contribution in [0.2, 0.25) is 5.02 Å². The Balaban J connectivity index is 1.75. The molecule has 0 atom stereocenters. The molecule has 3 N–H and O–H groups in total. The molecule has 0 saturated heterocycles. The van der Waals surface area contributed by atoms with Crippen LogP contribution >= 0.6 is 23.8 Å². The van der Waals surface area contributed by atoms with Gasteiger partial charge in [0.05, 0.1) is 5.02 Å². The van der Waals surface area contributed by atoms with Gasteiger partial charge in [-0.2, -0.15) is 0 Å². The van der Waals surface area contributed by atoms with Gasteiger partial charge in [0.25, 0.3) is 11.8 Å². The summed E-state index contributed by atoms with van der Waals surface area (Å²) in [7, 11) is 0. The summed E-state index contributed by atoms with van der Waals surface area (Å²) < 4.78 is 5.29. The molecule has 25 heavy (non-hydrogen) atoms. The van der Waals surface area contributed by atoms with E-state index in [4.69, 9.17) is 28.6 Å². The fourth-order valence-electron chi connectivity index (χ4n) is 1.87. The highest BCUT2D eigenvalue weighted by Crippen LogP contribution is 2.22. The highest BCUT2D eigenvalue weighted by Gasteiger charge is 2.09. The molecule has 6 nitrogen and oxygen atoms in total. The monoisotopic (exact) mass is 377 g/mol. The second kappa shape index (κ2) is 9.00. The SMILES string of the molecule is Cc1cccc(C(=O)NNC(=S)NC(=O)COc2ccccc2Cl)c1. The lowest BCUT2D eigenvalue weighted by atomic mass is 10.1. The predicted molar refractivity (Wildman–Crippen MR) is 99.5 cm³/mol. The van der Waals surface area contributed by atoms with Crippen molar-refractivity contribution in [2.24, 2.45) is 0 Å². The second-order valence-corrected chi connectivity index (χ2v) is 5.86. The van der Waals surface area contributed by atoms with Crippen molar-refractivity contribution in [3.05, 3.63) is 64.7 Å². The Morgan fingerprint density at radius 2 is 1.88 bits per heavy atom. The number of carbonyl (C=O) groups excluding carboxylic acids is 2. The molecule has 0 aromatic heterocycles. The Hall–Kier alpha value is -2.64. The summed E-state index contributed by atoms with van der Waals surface area (Å²) in [5, 5.41) is 2.74. The molecular weight excluding hydrogens is 362 g/mol. The van der Waals surface area contributed by atoms with Crippen molar-refractivity contribution in [3.8, 4) is 5.75 Å². The minimum absolute atomic E-state index is 0.0474. The molecule has 0 aliphatic rings. The van der Waals surface area contributed by atoms with E-state index in [1.54, 1.807) is 42.5 Å². The predicted octanol–water partition coefficient (Wildman–Crippen LogP) is 2.36. The Morgan fingerprint density at radius 1 is 1.12 bits per heavy atom. The van der Waals surface area contributed by atoms with Gasteiger partial charge in [-0.25, -0.2) is 0 Å². The maximum absolute atomic E-state index is 12.0.